The maximum absolute atomic E-state index is 12.8. The summed E-state index contributed by atoms with van der Waals surface area (Å²) < 4.78 is 31.2. The maximum atomic E-state index is 12.8. The summed E-state index contributed by atoms with van der Waals surface area (Å²) in [6.45, 7) is 1.70. The Morgan fingerprint density at radius 1 is 1.12 bits per heavy atom. The molecule has 1 atom stereocenters. The van der Waals surface area contributed by atoms with Crippen LogP contribution in [0.2, 0.25) is 0 Å². The van der Waals surface area contributed by atoms with Crippen LogP contribution in [0.25, 0.3) is 0 Å². The third-order valence-electron chi connectivity index (χ3n) is 4.01. The number of nitrogens with zero attached hydrogens (tertiary/aromatic N) is 1. The minimum atomic E-state index is -4.08. The van der Waals surface area contributed by atoms with E-state index < -0.39 is 22.2 Å². The van der Waals surface area contributed by atoms with Gasteiger partial charge >= 0.3 is 6.09 Å². The second-order valence-corrected chi connectivity index (χ2v) is 7.65. The average Bonchev–Trinajstić information content (AvgIpc) is 2.97. The summed E-state index contributed by atoms with van der Waals surface area (Å²) in [6, 6.07) is 13.9. The third kappa shape index (κ3) is 3.41. The minimum absolute atomic E-state index is 0.00545. The highest BCUT2D eigenvalue weighted by atomic mass is 32.2. The summed E-state index contributed by atoms with van der Waals surface area (Å²) in [4.78, 5) is 24.4. The molecule has 2 aromatic rings. The van der Waals surface area contributed by atoms with Crippen molar-refractivity contribution in [3.8, 4) is 0 Å². The topological polar surface area (TPSA) is 80.8 Å². The Bertz CT molecular complexity index is 891. The Morgan fingerprint density at radius 3 is 2.40 bits per heavy atom. The van der Waals surface area contributed by atoms with Gasteiger partial charge in [0.15, 0.2) is 5.78 Å². The number of carbonyl (C=O) groups excluding carboxylic acids is 2. The zero-order valence-electron chi connectivity index (χ0n) is 13.6. The standard InChI is InChI=1S/C18H17NO5S/c1-13-7-9-16(10-8-13)25(22,23)19-15(12-24-18(19)21)11-17(20)14-5-3-2-4-6-14/h2-10,15H,11-12H2,1H3/t15-/m1/s1. The van der Waals surface area contributed by atoms with Gasteiger partial charge in [0, 0.05) is 12.0 Å². The van der Waals surface area contributed by atoms with Crippen molar-refractivity contribution < 1.29 is 22.7 Å². The highest BCUT2D eigenvalue weighted by Crippen LogP contribution is 2.26. The number of carbonyl (C=O) groups is 2. The van der Waals surface area contributed by atoms with E-state index in [9.17, 15) is 18.0 Å². The Kier molecular flexibility index (Phi) is 4.59. The van der Waals surface area contributed by atoms with Gasteiger partial charge in [0.05, 0.1) is 10.9 Å². The summed E-state index contributed by atoms with van der Waals surface area (Å²) in [6.07, 6.45) is -1.08. The van der Waals surface area contributed by atoms with Gasteiger partial charge < -0.3 is 4.74 Å². The molecule has 0 bridgehead atoms. The van der Waals surface area contributed by atoms with Gasteiger partial charge in [0.1, 0.15) is 6.61 Å². The molecular formula is C18H17NO5S. The molecule has 1 aliphatic heterocycles. The molecule has 6 nitrogen and oxygen atoms in total. The van der Waals surface area contributed by atoms with Crippen LogP contribution in [0.1, 0.15) is 22.3 Å². The summed E-state index contributed by atoms with van der Waals surface area (Å²) in [5.41, 5.74) is 1.37. The van der Waals surface area contributed by atoms with Gasteiger partial charge in [0.2, 0.25) is 0 Å². The predicted octanol–water partition coefficient (Wildman–Crippen LogP) is 2.78. The van der Waals surface area contributed by atoms with Gasteiger partial charge in [-0.3, -0.25) is 4.79 Å². The number of ketones is 1. The molecule has 1 heterocycles. The summed E-state index contributed by atoms with van der Waals surface area (Å²) in [7, 11) is -4.08. The number of sulfonamides is 1. The molecule has 1 amide bonds. The Hall–Kier alpha value is -2.67. The summed E-state index contributed by atoms with van der Waals surface area (Å²) in [5, 5.41) is 0. The largest absolute Gasteiger partial charge is 0.446 e. The van der Waals surface area contributed by atoms with Gasteiger partial charge in [-0.15, -0.1) is 0 Å². The first-order chi connectivity index (χ1) is 11.9. The van der Waals surface area contributed by atoms with Gasteiger partial charge in [-0.1, -0.05) is 48.0 Å². The fraction of sp³-hybridized carbons (Fsp3) is 0.222. The van der Waals surface area contributed by atoms with E-state index in [1.165, 1.54) is 12.1 Å². The summed E-state index contributed by atoms with van der Waals surface area (Å²) in [5.74, 6) is -0.243. The molecule has 1 aliphatic rings. The normalized spacial score (nSPS) is 17.4. The van der Waals surface area contributed by atoms with E-state index in [1.807, 2.05) is 6.92 Å². The van der Waals surface area contributed by atoms with Crippen molar-refractivity contribution in [1.82, 2.24) is 4.31 Å². The SMILES string of the molecule is Cc1ccc(S(=O)(=O)N2C(=O)OC[C@H]2CC(=O)c2ccccc2)cc1. The van der Waals surface area contributed by atoms with E-state index in [1.54, 1.807) is 42.5 Å². The zero-order valence-corrected chi connectivity index (χ0v) is 14.4. The van der Waals surface area contributed by atoms with E-state index in [-0.39, 0.29) is 23.7 Å². The lowest BCUT2D eigenvalue weighted by atomic mass is 10.0. The fourth-order valence-electron chi connectivity index (χ4n) is 2.66. The number of cyclic esters (lactones) is 1. The first-order valence-corrected chi connectivity index (χ1v) is 9.20. The molecule has 130 valence electrons. The van der Waals surface area contributed by atoms with Gasteiger partial charge in [-0.25, -0.2) is 13.2 Å². The molecule has 0 spiro atoms. The maximum Gasteiger partial charge on any atom is 0.424 e. The number of ether oxygens (including phenoxy) is 1. The quantitative estimate of drug-likeness (QED) is 0.767. The lowest BCUT2D eigenvalue weighted by molar-refractivity contribution is 0.0962. The van der Waals surface area contributed by atoms with Crippen molar-refractivity contribution in [2.75, 3.05) is 6.61 Å². The number of aryl methyl sites for hydroxylation is 1. The molecule has 0 aliphatic carbocycles. The lowest BCUT2D eigenvalue weighted by Gasteiger charge is -2.20. The van der Waals surface area contributed by atoms with Crippen LogP contribution < -0.4 is 0 Å². The Morgan fingerprint density at radius 2 is 1.76 bits per heavy atom. The van der Waals surface area contributed by atoms with Gasteiger partial charge in [0.25, 0.3) is 10.0 Å². The van der Waals surface area contributed by atoms with Crippen molar-refractivity contribution in [3.05, 3.63) is 65.7 Å². The van der Waals surface area contributed by atoms with E-state index in [2.05, 4.69) is 0 Å². The number of amides is 1. The smallest absolute Gasteiger partial charge is 0.424 e. The Balaban J connectivity index is 1.87. The number of hydrogen-bond donors (Lipinski definition) is 0. The van der Waals surface area contributed by atoms with Crippen LogP contribution in [0.5, 0.6) is 0 Å². The zero-order chi connectivity index (χ0) is 18.0. The highest BCUT2D eigenvalue weighted by Gasteiger charge is 2.43. The van der Waals surface area contributed by atoms with E-state index in [4.69, 9.17) is 4.74 Å². The van der Waals surface area contributed by atoms with Crippen LogP contribution in [-0.2, 0) is 14.8 Å². The number of benzene rings is 2. The van der Waals surface area contributed by atoms with Gasteiger partial charge in [-0.05, 0) is 19.1 Å². The van der Waals surface area contributed by atoms with Crippen molar-refractivity contribution >= 4 is 21.9 Å². The van der Waals surface area contributed by atoms with Crippen molar-refractivity contribution in [3.63, 3.8) is 0 Å². The predicted molar refractivity (Wildman–Crippen MR) is 90.7 cm³/mol. The lowest BCUT2D eigenvalue weighted by Crippen LogP contribution is -2.40. The van der Waals surface area contributed by atoms with E-state index in [0.717, 1.165) is 5.56 Å². The Labute approximate surface area is 146 Å². The second kappa shape index (κ2) is 6.68. The molecule has 1 fully saturated rings. The molecule has 3 rings (SSSR count). The molecule has 2 aromatic carbocycles. The highest BCUT2D eigenvalue weighted by molar-refractivity contribution is 7.89. The fourth-order valence-corrected chi connectivity index (χ4v) is 4.15. The van der Waals surface area contributed by atoms with Crippen LogP contribution in [0, 0.1) is 6.92 Å². The molecule has 0 aromatic heterocycles. The monoisotopic (exact) mass is 359 g/mol. The van der Waals surface area contributed by atoms with Crippen LogP contribution in [0.4, 0.5) is 4.79 Å². The van der Waals surface area contributed by atoms with Crippen LogP contribution >= 0.6 is 0 Å². The molecule has 7 heteroatoms. The van der Waals surface area contributed by atoms with Crippen LogP contribution in [0.15, 0.2) is 59.5 Å². The van der Waals surface area contributed by atoms with E-state index in [0.29, 0.717) is 9.87 Å². The third-order valence-corrected chi connectivity index (χ3v) is 5.84. The molecule has 0 N–H and O–H groups in total. The van der Waals surface area contributed by atoms with Crippen molar-refractivity contribution in [1.29, 1.82) is 0 Å². The molecule has 0 saturated carbocycles. The average molecular weight is 359 g/mol. The molecular weight excluding hydrogens is 342 g/mol. The number of Topliss-reactive ketones (excluding diaryl/α,β-unsaturated/α-hetero) is 1. The molecule has 0 radical (unpaired) electrons. The second-order valence-electron chi connectivity index (χ2n) is 5.84. The van der Waals surface area contributed by atoms with Crippen LogP contribution in [-0.4, -0.2) is 37.2 Å². The van der Waals surface area contributed by atoms with Crippen molar-refractivity contribution in [2.24, 2.45) is 0 Å². The van der Waals surface area contributed by atoms with Gasteiger partial charge in [-0.2, -0.15) is 4.31 Å². The first kappa shape index (κ1) is 17.2. The van der Waals surface area contributed by atoms with E-state index >= 15 is 0 Å². The number of hydrogen-bond acceptors (Lipinski definition) is 5. The minimum Gasteiger partial charge on any atom is -0.446 e. The van der Waals surface area contributed by atoms with Crippen LogP contribution in [0.3, 0.4) is 0 Å². The number of rotatable bonds is 5. The first-order valence-electron chi connectivity index (χ1n) is 7.75. The summed E-state index contributed by atoms with van der Waals surface area (Å²) >= 11 is 0. The molecule has 0 unspecified atom stereocenters. The molecule has 1 saturated heterocycles. The molecule has 25 heavy (non-hydrogen) atoms. The van der Waals surface area contributed by atoms with Crippen molar-refractivity contribution in [2.45, 2.75) is 24.3 Å².